The molecule has 0 saturated carbocycles. The Balaban J connectivity index is 2.26. The van der Waals surface area contributed by atoms with Crippen LogP contribution in [0.4, 0.5) is 0 Å². The summed E-state index contributed by atoms with van der Waals surface area (Å²) in [6, 6.07) is 8.04. The lowest BCUT2D eigenvalue weighted by atomic mass is 10.1. The molecule has 1 aromatic carbocycles. The second-order valence-electron chi connectivity index (χ2n) is 4.30. The molecular formula is C14H12N2O. The first-order valence-corrected chi connectivity index (χ1v) is 5.58. The van der Waals surface area contributed by atoms with Gasteiger partial charge in [-0.2, -0.15) is 0 Å². The predicted octanol–water partition coefficient (Wildman–Crippen LogP) is 2.85. The lowest BCUT2D eigenvalue weighted by Crippen LogP contribution is -1.95. The van der Waals surface area contributed by atoms with Crippen LogP contribution in [0.5, 0.6) is 0 Å². The highest BCUT2D eigenvalue weighted by molar-refractivity contribution is 6.07. The molecule has 0 amide bonds. The van der Waals surface area contributed by atoms with Crippen molar-refractivity contribution in [2.24, 2.45) is 0 Å². The Bertz CT molecular complexity index is 712. The van der Waals surface area contributed by atoms with Gasteiger partial charge in [-0.15, -0.1) is 0 Å². The average Bonchev–Trinajstić information content (AvgIpc) is 2.66. The Hall–Kier alpha value is -2.16. The zero-order chi connectivity index (χ0) is 11.8. The molecular weight excluding hydrogens is 212 g/mol. The van der Waals surface area contributed by atoms with E-state index in [2.05, 4.69) is 16.0 Å². The number of aromatic nitrogens is 2. The Morgan fingerprint density at radius 2 is 2.06 bits per heavy atom. The SMILES string of the molecule is CC(=O)Cc1ccc2[nH]c3ccncc3c2c1. The molecule has 84 valence electrons. The Labute approximate surface area is 98.5 Å². The molecule has 0 radical (unpaired) electrons. The minimum Gasteiger partial charge on any atom is -0.354 e. The van der Waals surface area contributed by atoms with Gasteiger partial charge in [-0.05, 0) is 30.7 Å². The quantitative estimate of drug-likeness (QED) is 0.727. The first kappa shape index (κ1) is 10.0. The van der Waals surface area contributed by atoms with Gasteiger partial charge in [0.2, 0.25) is 0 Å². The minimum atomic E-state index is 0.183. The highest BCUT2D eigenvalue weighted by atomic mass is 16.1. The van der Waals surface area contributed by atoms with Gasteiger partial charge in [0, 0.05) is 40.6 Å². The number of Topliss-reactive ketones (excluding diaryl/α,β-unsaturated/α-hetero) is 1. The molecule has 0 saturated heterocycles. The van der Waals surface area contributed by atoms with Gasteiger partial charge in [0.15, 0.2) is 0 Å². The van der Waals surface area contributed by atoms with Crippen LogP contribution in [0.2, 0.25) is 0 Å². The predicted molar refractivity (Wildman–Crippen MR) is 68.0 cm³/mol. The van der Waals surface area contributed by atoms with Gasteiger partial charge in [-0.3, -0.25) is 9.78 Å². The third-order valence-electron chi connectivity index (χ3n) is 2.92. The van der Waals surface area contributed by atoms with Crippen molar-refractivity contribution >= 4 is 27.6 Å². The topological polar surface area (TPSA) is 45.8 Å². The standard InChI is InChI=1S/C14H12N2O/c1-9(17)6-10-2-3-13-11(7-10)12-8-15-5-4-14(12)16-13/h2-5,7-8,16H,6H2,1H3. The van der Waals surface area contributed by atoms with E-state index >= 15 is 0 Å². The van der Waals surface area contributed by atoms with E-state index in [1.807, 2.05) is 24.4 Å². The van der Waals surface area contributed by atoms with Crippen molar-refractivity contribution in [3.05, 3.63) is 42.2 Å². The van der Waals surface area contributed by atoms with Crippen LogP contribution in [0, 0.1) is 0 Å². The number of aromatic amines is 1. The van der Waals surface area contributed by atoms with Gasteiger partial charge < -0.3 is 4.98 Å². The number of benzene rings is 1. The van der Waals surface area contributed by atoms with Gasteiger partial charge in [0.25, 0.3) is 0 Å². The lowest BCUT2D eigenvalue weighted by molar-refractivity contribution is -0.116. The zero-order valence-corrected chi connectivity index (χ0v) is 9.53. The summed E-state index contributed by atoms with van der Waals surface area (Å²) < 4.78 is 0. The fourth-order valence-electron chi connectivity index (χ4n) is 2.18. The maximum atomic E-state index is 11.1. The molecule has 0 fully saturated rings. The molecule has 3 rings (SSSR count). The van der Waals surface area contributed by atoms with Crippen molar-refractivity contribution in [3.63, 3.8) is 0 Å². The van der Waals surface area contributed by atoms with E-state index in [1.54, 1.807) is 13.1 Å². The molecule has 0 aliphatic heterocycles. The number of H-pyrrole nitrogens is 1. The second-order valence-corrected chi connectivity index (χ2v) is 4.30. The molecule has 0 bridgehead atoms. The summed E-state index contributed by atoms with van der Waals surface area (Å²) in [6.45, 7) is 1.61. The number of rotatable bonds is 2. The maximum Gasteiger partial charge on any atom is 0.134 e. The number of hydrogen-bond donors (Lipinski definition) is 1. The monoisotopic (exact) mass is 224 g/mol. The largest absolute Gasteiger partial charge is 0.354 e. The second kappa shape index (κ2) is 3.70. The fraction of sp³-hybridized carbons (Fsp3) is 0.143. The van der Waals surface area contributed by atoms with Crippen molar-refractivity contribution in [2.45, 2.75) is 13.3 Å². The number of hydrogen-bond acceptors (Lipinski definition) is 2. The number of nitrogens with zero attached hydrogens (tertiary/aromatic N) is 1. The minimum absolute atomic E-state index is 0.183. The summed E-state index contributed by atoms with van der Waals surface area (Å²) in [5.41, 5.74) is 3.21. The van der Waals surface area contributed by atoms with Crippen LogP contribution >= 0.6 is 0 Å². The molecule has 17 heavy (non-hydrogen) atoms. The third kappa shape index (κ3) is 1.69. The van der Waals surface area contributed by atoms with Crippen LogP contribution < -0.4 is 0 Å². The molecule has 0 unspecified atom stereocenters. The number of ketones is 1. The van der Waals surface area contributed by atoms with Crippen LogP contribution in [0.3, 0.4) is 0 Å². The Morgan fingerprint density at radius 1 is 1.24 bits per heavy atom. The number of nitrogens with one attached hydrogen (secondary N) is 1. The molecule has 1 N–H and O–H groups in total. The van der Waals surface area contributed by atoms with Gasteiger partial charge in [0.05, 0.1) is 0 Å². The average molecular weight is 224 g/mol. The lowest BCUT2D eigenvalue weighted by Gasteiger charge is -1.98. The summed E-state index contributed by atoms with van der Waals surface area (Å²) >= 11 is 0. The van der Waals surface area contributed by atoms with E-state index in [1.165, 1.54) is 0 Å². The first-order valence-electron chi connectivity index (χ1n) is 5.58. The van der Waals surface area contributed by atoms with E-state index in [0.29, 0.717) is 6.42 Å². The van der Waals surface area contributed by atoms with Crippen molar-refractivity contribution in [3.8, 4) is 0 Å². The highest BCUT2D eigenvalue weighted by Crippen LogP contribution is 2.25. The normalized spacial score (nSPS) is 11.1. The molecule has 3 nitrogen and oxygen atoms in total. The van der Waals surface area contributed by atoms with E-state index in [9.17, 15) is 4.79 Å². The van der Waals surface area contributed by atoms with Crippen molar-refractivity contribution in [1.29, 1.82) is 0 Å². The third-order valence-corrected chi connectivity index (χ3v) is 2.92. The maximum absolute atomic E-state index is 11.1. The summed E-state index contributed by atoms with van der Waals surface area (Å²) in [7, 11) is 0. The van der Waals surface area contributed by atoms with Crippen LogP contribution in [-0.4, -0.2) is 15.8 Å². The van der Waals surface area contributed by atoms with E-state index < -0.39 is 0 Å². The first-order chi connectivity index (χ1) is 8.24. The fourth-order valence-corrected chi connectivity index (χ4v) is 2.18. The van der Waals surface area contributed by atoms with E-state index in [4.69, 9.17) is 0 Å². The molecule has 2 aromatic heterocycles. The molecule has 3 aromatic rings. The molecule has 0 aliphatic carbocycles. The Kier molecular flexibility index (Phi) is 2.18. The highest BCUT2D eigenvalue weighted by Gasteiger charge is 2.05. The van der Waals surface area contributed by atoms with Crippen LogP contribution in [0.15, 0.2) is 36.7 Å². The van der Waals surface area contributed by atoms with Gasteiger partial charge in [-0.25, -0.2) is 0 Å². The number of pyridine rings is 1. The molecule has 3 heteroatoms. The van der Waals surface area contributed by atoms with Crippen LogP contribution in [0.25, 0.3) is 21.8 Å². The van der Waals surface area contributed by atoms with Gasteiger partial charge in [0.1, 0.15) is 5.78 Å². The summed E-state index contributed by atoms with van der Waals surface area (Å²) in [6.07, 6.45) is 4.11. The van der Waals surface area contributed by atoms with Crippen molar-refractivity contribution in [1.82, 2.24) is 9.97 Å². The van der Waals surface area contributed by atoms with Gasteiger partial charge in [-0.1, -0.05) is 6.07 Å². The van der Waals surface area contributed by atoms with Crippen molar-refractivity contribution < 1.29 is 4.79 Å². The molecule has 2 heterocycles. The van der Waals surface area contributed by atoms with Crippen LogP contribution in [0.1, 0.15) is 12.5 Å². The summed E-state index contributed by atoms with van der Waals surface area (Å²) in [5.74, 6) is 0.183. The smallest absolute Gasteiger partial charge is 0.134 e. The Morgan fingerprint density at radius 3 is 2.88 bits per heavy atom. The van der Waals surface area contributed by atoms with E-state index in [-0.39, 0.29) is 5.78 Å². The van der Waals surface area contributed by atoms with Gasteiger partial charge >= 0.3 is 0 Å². The van der Waals surface area contributed by atoms with E-state index in [0.717, 1.165) is 27.4 Å². The van der Waals surface area contributed by atoms with Crippen LogP contribution in [-0.2, 0) is 11.2 Å². The van der Waals surface area contributed by atoms with Crippen molar-refractivity contribution in [2.75, 3.05) is 0 Å². The number of fused-ring (bicyclic) bond motifs is 3. The number of carbonyl (C=O) groups is 1. The summed E-state index contributed by atoms with van der Waals surface area (Å²) in [5, 5.41) is 2.24. The molecule has 0 atom stereocenters. The molecule has 0 spiro atoms. The summed E-state index contributed by atoms with van der Waals surface area (Å²) in [4.78, 5) is 18.6. The number of carbonyl (C=O) groups excluding carboxylic acids is 1. The zero-order valence-electron chi connectivity index (χ0n) is 9.53. The molecule has 0 aliphatic rings.